The van der Waals surface area contributed by atoms with Crippen LogP contribution in [-0.2, 0) is 13.0 Å². The minimum Gasteiger partial charge on any atom is -0.496 e. The maximum atomic E-state index is 10.8. The summed E-state index contributed by atoms with van der Waals surface area (Å²) in [5, 5.41) is 8.85. The van der Waals surface area contributed by atoms with E-state index < -0.39 is 5.97 Å². The molecule has 1 N–H and O–H groups in total. The number of nitrogens with zero attached hydrogens (tertiary/aromatic N) is 2. The Hall–Kier alpha value is -2.30. The molecule has 2 aromatic rings. The zero-order chi connectivity index (χ0) is 13.8. The van der Waals surface area contributed by atoms with E-state index in [1.54, 1.807) is 11.7 Å². The van der Waals surface area contributed by atoms with Crippen molar-refractivity contribution in [3.05, 3.63) is 47.5 Å². The second kappa shape index (κ2) is 5.56. The quantitative estimate of drug-likeness (QED) is 0.895. The van der Waals surface area contributed by atoms with Crippen molar-refractivity contribution < 1.29 is 14.6 Å². The van der Waals surface area contributed by atoms with Crippen molar-refractivity contribution in [2.45, 2.75) is 19.9 Å². The van der Waals surface area contributed by atoms with Gasteiger partial charge in [-0.05, 0) is 18.1 Å². The van der Waals surface area contributed by atoms with Crippen molar-refractivity contribution in [1.29, 1.82) is 0 Å². The highest BCUT2D eigenvalue weighted by atomic mass is 16.5. The second-order valence-electron chi connectivity index (χ2n) is 4.24. The number of methoxy groups -OCH3 is 1. The van der Waals surface area contributed by atoms with Crippen LogP contribution in [0.5, 0.6) is 5.75 Å². The number of benzene rings is 1. The number of imidazole rings is 1. The predicted octanol–water partition coefficient (Wildman–Crippen LogP) is 2.20. The Labute approximate surface area is 111 Å². The van der Waals surface area contributed by atoms with Gasteiger partial charge in [-0.25, -0.2) is 9.78 Å². The molecule has 100 valence electrons. The van der Waals surface area contributed by atoms with Gasteiger partial charge in [0.1, 0.15) is 5.75 Å². The molecule has 5 heteroatoms. The maximum Gasteiger partial charge on any atom is 0.356 e. The van der Waals surface area contributed by atoms with E-state index >= 15 is 0 Å². The summed E-state index contributed by atoms with van der Waals surface area (Å²) in [6.07, 6.45) is 3.98. The summed E-state index contributed by atoms with van der Waals surface area (Å²) in [5.41, 5.74) is 2.27. The van der Waals surface area contributed by atoms with Gasteiger partial charge in [-0.3, -0.25) is 0 Å². The summed E-state index contributed by atoms with van der Waals surface area (Å²) in [6, 6.07) is 6.03. The largest absolute Gasteiger partial charge is 0.496 e. The lowest BCUT2D eigenvalue weighted by Gasteiger charge is -2.10. The minimum atomic E-state index is -1.02. The molecule has 0 atom stereocenters. The lowest BCUT2D eigenvalue weighted by molar-refractivity contribution is 0.0691. The molecule has 1 heterocycles. The first-order valence-corrected chi connectivity index (χ1v) is 6.05. The van der Waals surface area contributed by atoms with Crippen molar-refractivity contribution in [2.75, 3.05) is 7.11 Å². The van der Waals surface area contributed by atoms with E-state index in [1.165, 1.54) is 18.1 Å². The van der Waals surface area contributed by atoms with Gasteiger partial charge >= 0.3 is 5.97 Å². The Kier molecular flexibility index (Phi) is 3.85. The fraction of sp³-hybridized carbons (Fsp3) is 0.286. The van der Waals surface area contributed by atoms with Crippen LogP contribution >= 0.6 is 0 Å². The number of rotatable bonds is 5. The minimum absolute atomic E-state index is 0.0469. The van der Waals surface area contributed by atoms with E-state index in [9.17, 15) is 4.79 Å². The fourth-order valence-electron chi connectivity index (χ4n) is 1.93. The highest BCUT2D eigenvalue weighted by Gasteiger charge is 2.09. The molecule has 0 unspecified atom stereocenters. The Balaban J connectivity index is 2.27. The summed E-state index contributed by atoms with van der Waals surface area (Å²) >= 11 is 0. The third-order valence-corrected chi connectivity index (χ3v) is 2.96. The number of carboxylic acid groups (broad SMARTS) is 1. The van der Waals surface area contributed by atoms with E-state index in [0.717, 1.165) is 17.7 Å². The van der Waals surface area contributed by atoms with E-state index in [-0.39, 0.29) is 5.69 Å². The summed E-state index contributed by atoms with van der Waals surface area (Å²) in [7, 11) is 1.63. The average Bonchev–Trinajstić information content (AvgIpc) is 2.87. The maximum absolute atomic E-state index is 10.8. The standard InChI is InChI=1S/C14H16N2O3/c1-3-10-4-5-13(19-2)11(6-10)7-16-8-12(14(17)18)15-9-16/h4-6,8-9H,3,7H2,1-2H3,(H,17,18). The fourth-order valence-corrected chi connectivity index (χ4v) is 1.93. The molecule has 0 saturated carbocycles. The highest BCUT2D eigenvalue weighted by Crippen LogP contribution is 2.21. The zero-order valence-electron chi connectivity index (χ0n) is 11.0. The number of aromatic nitrogens is 2. The van der Waals surface area contributed by atoms with E-state index in [1.807, 2.05) is 12.1 Å². The molecule has 0 spiro atoms. The lowest BCUT2D eigenvalue weighted by atomic mass is 10.1. The number of hydrogen-bond acceptors (Lipinski definition) is 3. The molecule has 19 heavy (non-hydrogen) atoms. The lowest BCUT2D eigenvalue weighted by Crippen LogP contribution is -2.01. The molecule has 1 aromatic heterocycles. The summed E-state index contributed by atoms with van der Waals surface area (Å²) in [5.74, 6) is -0.226. The normalized spacial score (nSPS) is 10.4. The van der Waals surface area contributed by atoms with Crippen LogP contribution in [0.2, 0.25) is 0 Å². The van der Waals surface area contributed by atoms with Crippen molar-refractivity contribution in [1.82, 2.24) is 9.55 Å². The molecule has 0 bridgehead atoms. The molecule has 0 fully saturated rings. The third-order valence-electron chi connectivity index (χ3n) is 2.96. The first-order valence-electron chi connectivity index (χ1n) is 6.05. The molecular weight excluding hydrogens is 244 g/mol. The number of carbonyl (C=O) groups is 1. The van der Waals surface area contributed by atoms with Crippen molar-refractivity contribution >= 4 is 5.97 Å². The van der Waals surface area contributed by atoms with Gasteiger partial charge in [-0.1, -0.05) is 19.1 Å². The number of ether oxygens (including phenoxy) is 1. The van der Waals surface area contributed by atoms with Crippen LogP contribution in [0.1, 0.15) is 28.5 Å². The zero-order valence-corrected chi connectivity index (χ0v) is 11.0. The smallest absolute Gasteiger partial charge is 0.356 e. The first-order chi connectivity index (χ1) is 9.13. The molecule has 1 aromatic carbocycles. The molecule has 0 aliphatic heterocycles. The number of hydrogen-bond donors (Lipinski definition) is 1. The van der Waals surface area contributed by atoms with Gasteiger partial charge < -0.3 is 14.4 Å². The van der Waals surface area contributed by atoms with Gasteiger partial charge in [0, 0.05) is 11.8 Å². The van der Waals surface area contributed by atoms with Crippen LogP contribution in [0.4, 0.5) is 0 Å². The summed E-state index contributed by atoms with van der Waals surface area (Å²) in [4.78, 5) is 14.6. The molecule has 2 rings (SSSR count). The summed E-state index contributed by atoms with van der Waals surface area (Å²) < 4.78 is 7.06. The number of aryl methyl sites for hydroxylation is 1. The Bertz CT molecular complexity index is 590. The van der Waals surface area contributed by atoms with Crippen LogP contribution in [0.3, 0.4) is 0 Å². The van der Waals surface area contributed by atoms with Gasteiger partial charge in [0.15, 0.2) is 5.69 Å². The van der Waals surface area contributed by atoms with Crippen LogP contribution in [0.25, 0.3) is 0 Å². The predicted molar refractivity (Wildman–Crippen MR) is 70.7 cm³/mol. The van der Waals surface area contributed by atoms with Gasteiger partial charge in [0.05, 0.1) is 20.0 Å². The highest BCUT2D eigenvalue weighted by molar-refractivity contribution is 5.84. The Morgan fingerprint density at radius 3 is 2.84 bits per heavy atom. The average molecular weight is 260 g/mol. The molecule has 0 amide bonds. The molecular formula is C14H16N2O3. The molecule has 5 nitrogen and oxygen atoms in total. The van der Waals surface area contributed by atoms with Gasteiger partial charge in [0.2, 0.25) is 0 Å². The Morgan fingerprint density at radius 1 is 1.47 bits per heavy atom. The second-order valence-corrected chi connectivity index (χ2v) is 4.24. The molecule has 0 radical (unpaired) electrons. The van der Waals surface area contributed by atoms with Crippen molar-refractivity contribution in [2.24, 2.45) is 0 Å². The van der Waals surface area contributed by atoms with E-state index in [4.69, 9.17) is 9.84 Å². The molecule has 0 aliphatic rings. The van der Waals surface area contributed by atoms with Gasteiger partial charge in [-0.2, -0.15) is 0 Å². The van der Waals surface area contributed by atoms with E-state index in [2.05, 4.69) is 18.0 Å². The Morgan fingerprint density at radius 2 is 2.26 bits per heavy atom. The van der Waals surface area contributed by atoms with Crippen LogP contribution < -0.4 is 4.74 Å². The van der Waals surface area contributed by atoms with Crippen LogP contribution in [-0.4, -0.2) is 27.7 Å². The molecule has 0 saturated heterocycles. The summed E-state index contributed by atoms with van der Waals surface area (Å²) in [6.45, 7) is 2.63. The van der Waals surface area contributed by atoms with Crippen molar-refractivity contribution in [3.8, 4) is 5.75 Å². The number of carboxylic acids is 1. The van der Waals surface area contributed by atoms with Crippen LogP contribution in [0, 0.1) is 0 Å². The first kappa shape index (κ1) is 13.1. The monoisotopic (exact) mass is 260 g/mol. The number of aromatic carboxylic acids is 1. The van der Waals surface area contributed by atoms with E-state index in [0.29, 0.717) is 6.54 Å². The molecule has 0 aliphatic carbocycles. The van der Waals surface area contributed by atoms with Gasteiger partial charge in [0.25, 0.3) is 0 Å². The topological polar surface area (TPSA) is 64.4 Å². The van der Waals surface area contributed by atoms with Crippen LogP contribution in [0.15, 0.2) is 30.7 Å². The van der Waals surface area contributed by atoms with Gasteiger partial charge in [-0.15, -0.1) is 0 Å². The van der Waals surface area contributed by atoms with Crippen molar-refractivity contribution in [3.63, 3.8) is 0 Å². The third kappa shape index (κ3) is 2.93. The SMILES string of the molecule is CCc1ccc(OC)c(Cn2cnc(C(=O)O)c2)c1.